The lowest BCUT2D eigenvalue weighted by Crippen LogP contribution is -2.04. The monoisotopic (exact) mass is 408 g/mol. The van der Waals surface area contributed by atoms with Gasteiger partial charge < -0.3 is 0 Å². The molecule has 0 unspecified atom stereocenters. The van der Waals surface area contributed by atoms with Gasteiger partial charge in [0.2, 0.25) is 0 Å². The summed E-state index contributed by atoms with van der Waals surface area (Å²) in [6, 6.07) is 7.58. The van der Waals surface area contributed by atoms with E-state index in [4.69, 9.17) is 9.97 Å². The van der Waals surface area contributed by atoms with E-state index < -0.39 is 0 Å². The molecule has 0 amide bonds. The Labute approximate surface area is 175 Å². The third kappa shape index (κ3) is 2.76. The Hall–Kier alpha value is -4.47. The molecule has 0 spiro atoms. The van der Waals surface area contributed by atoms with E-state index in [1.165, 1.54) is 0 Å². The Kier molecular flexibility index (Phi) is 3.66. The number of pyridine rings is 2. The number of aromatic nitrogens is 10. The van der Waals surface area contributed by atoms with Crippen LogP contribution in [0, 0.1) is 13.8 Å². The summed E-state index contributed by atoms with van der Waals surface area (Å²) < 4.78 is 3.24. The van der Waals surface area contributed by atoms with Gasteiger partial charge in [-0.1, -0.05) is 0 Å². The number of rotatable bonds is 3. The van der Waals surface area contributed by atoms with Crippen molar-refractivity contribution in [2.24, 2.45) is 0 Å². The number of aromatic amines is 1. The van der Waals surface area contributed by atoms with E-state index in [1.807, 2.05) is 44.2 Å². The highest BCUT2D eigenvalue weighted by Gasteiger charge is 2.16. The number of H-pyrrole nitrogens is 1. The molecule has 0 aliphatic carbocycles. The fourth-order valence-corrected chi connectivity index (χ4v) is 3.57. The predicted molar refractivity (Wildman–Crippen MR) is 113 cm³/mol. The first-order valence-corrected chi connectivity index (χ1v) is 9.68. The minimum absolute atomic E-state index is 0.586. The lowest BCUT2D eigenvalue weighted by atomic mass is 10.2. The van der Waals surface area contributed by atoms with Crippen molar-refractivity contribution in [3.63, 3.8) is 0 Å². The van der Waals surface area contributed by atoms with Gasteiger partial charge in [0.05, 0.1) is 5.69 Å². The van der Waals surface area contributed by atoms with Gasteiger partial charge in [-0.3, -0.25) is 15.1 Å². The molecule has 0 saturated heterocycles. The zero-order chi connectivity index (χ0) is 20.9. The van der Waals surface area contributed by atoms with Crippen molar-refractivity contribution in [2.45, 2.75) is 13.8 Å². The average molecular weight is 408 g/mol. The lowest BCUT2D eigenvalue weighted by molar-refractivity contribution is 0.810. The van der Waals surface area contributed by atoms with Crippen molar-refractivity contribution >= 4 is 17.4 Å². The molecule has 0 aromatic carbocycles. The first-order chi connectivity index (χ1) is 15.2. The molecule has 0 radical (unpaired) electrons. The number of nitrogens with one attached hydrogen (secondary N) is 1. The molecule has 1 N–H and O–H groups in total. The second-order valence-corrected chi connectivity index (χ2v) is 7.20. The number of aryl methyl sites for hydroxylation is 2. The summed E-state index contributed by atoms with van der Waals surface area (Å²) >= 11 is 0. The third-order valence-corrected chi connectivity index (χ3v) is 5.12. The molecule has 6 aromatic heterocycles. The molecule has 0 bridgehead atoms. The fourth-order valence-electron chi connectivity index (χ4n) is 3.57. The van der Waals surface area contributed by atoms with Gasteiger partial charge in [-0.2, -0.15) is 9.73 Å². The molecule has 6 rings (SSSR count). The average Bonchev–Trinajstić information content (AvgIpc) is 3.52. The van der Waals surface area contributed by atoms with Crippen LogP contribution in [0.25, 0.3) is 40.1 Å². The largest absolute Gasteiger partial charge is 0.280 e. The Morgan fingerprint density at radius 3 is 2.19 bits per heavy atom. The molecule has 0 saturated carbocycles. The molecule has 10 nitrogen and oxygen atoms in total. The first kappa shape index (κ1) is 17.4. The fraction of sp³-hybridized carbons (Fsp3) is 0.0952. The van der Waals surface area contributed by atoms with Gasteiger partial charge in [0.25, 0.3) is 0 Å². The first-order valence-electron chi connectivity index (χ1n) is 9.68. The quantitative estimate of drug-likeness (QED) is 0.475. The molecule has 6 heterocycles. The van der Waals surface area contributed by atoms with Crippen LogP contribution >= 0.6 is 0 Å². The summed E-state index contributed by atoms with van der Waals surface area (Å²) in [6.07, 6.45) is 8.96. The van der Waals surface area contributed by atoms with E-state index in [0.717, 1.165) is 38.9 Å². The van der Waals surface area contributed by atoms with Crippen LogP contribution in [0.1, 0.15) is 17.0 Å². The van der Waals surface area contributed by atoms with Crippen LogP contribution in [0.2, 0.25) is 0 Å². The molecule has 6 aromatic rings. The Balaban J connectivity index is 1.53. The van der Waals surface area contributed by atoms with Crippen LogP contribution in [-0.4, -0.2) is 49.6 Å². The Morgan fingerprint density at radius 1 is 0.839 bits per heavy atom. The highest BCUT2D eigenvalue weighted by Crippen LogP contribution is 2.20. The lowest BCUT2D eigenvalue weighted by Gasteiger charge is -1.93. The summed E-state index contributed by atoms with van der Waals surface area (Å²) in [5.41, 5.74) is 5.80. The summed E-state index contributed by atoms with van der Waals surface area (Å²) in [4.78, 5) is 17.7. The predicted octanol–water partition coefficient (Wildman–Crippen LogP) is 1.78. The summed E-state index contributed by atoms with van der Waals surface area (Å²) in [7, 11) is 0. The maximum absolute atomic E-state index is 4.72. The Bertz CT molecular complexity index is 1590. The van der Waals surface area contributed by atoms with Crippen molar-refractivity contribution in [2.75, 3.05) is 0 Å². The van der Waals surface area contributed by atoms with E-state index in [9.17, 15) is 0 Å². The number of hydrogen-bond acceptors (Lipinski definition) is 7. The van der Waals surface area contributed by atoms with Gasteiger partial charge in [-0.15, -0.1) is 14.8 Å². The second kappa shape index (κ2) is 6.52. The number of hydrogen-bond donors (Lipinski definition) is 1. The maximum atomic E-state index is 4.72. The van der Waals surface area contributed by atoms with Gasteiger partial charge in [-0.25, -0.2) is 9.97 Å². The summed E-state index contributed by atoms with van der Waals surface area (Å²) in [6.45, 7) is 3.93. The molecule has 0 atom stereocenters. The number of fused-ring (bicyclic) bond motifs is 2. The van der Waals surface area contributed by atoms with Crippen molar-refractivity contribution < 1.29 is 0 Å². The number of nitrogens with zero attached hydrogens (tertiary/aromatic N) is 9. The van der Waals surface area contributed by atoms with Crippen LogP contribution in [-0.2, 0) is 0 Å². The minimum Gasteiger partial charge on any atom is -0.280 e. The zero-order valence-electron chi connectivity index (χ0n) is 16.7. The zero-order valence-corrected chi connectivity index (χ0v) is 16.7. The highest BCUT2D eigenvalue weighted by atomic mass is 15.5. The van der Waals surface area contributed by atoms with E-state index in [2.05, 4.69) is 30.4 Å². The molecular weight excluding hydrogens is 392 g/mol. The molecule has 0 aliphatic heterocycles. The minimum atomic E-state index is 0.586. The van der Waals surface area contributed by atoms with Crippen LogP contribution in [0.3, 0.4) is 0 Å². The van der Waals surface area contributed by atoms with E-state index in [-0.39, 0.29) is 0 Å². The molecule has 150 valence electrons. The van der Waals surface area contributed by atoms with Crippen molar-refractivity contribution in [1.29, 1.82) is 0 Å². The maximum Gasteiger partial charge on any atom is 0.185 e. The molecule has 0 fully saturated rings. The Morgan fingerprint density at radius 2 is 1.52 bits per heavy atom. The van der Waals surface area contributed by atoms with E-state index in [1.54, 1.807) is 34.0 Å². The molecule has 0 aliphatic rings. The van der Waals surface area contributed by atoms with Crippen molar-refractivity contribution in [3.05, 3.63) is 71.2 Å². The summed E-state index contributed by atoms with van der Waals surface area (Å²) in [5, 5.41) is 17.7. The summed E-state index contributed by atoms with van der Waals surface area (Å²) in [5.74, 6) is 1.19. The normalized spacial score (nSPS) is 12.4. The second-order valence-electron chi connectivity index (χ2n) is 7.20. The van der Waals surface area contributed by atoms with Gasteiger partial charge in [-0.05, 0) is 44.2 Å². The molecule has 31 heavy (non-hydrogen) atoms. The van der Waals surface area contributed by atoms with E-state index >= 15 is 0 Å². The third-order valence-electron chi connectivity index (χ3n) is 5.12. The van der Waals surface area contributed by atoms with Gasteiger partial charge in [0.1, 0.15) is 0 Å². The van der Waals surface area contributed by atoms with Crippen LogP contribution < -0.4 is 5.22 Å². The van der Waals surface area contributed by atoms with Gasteiger partial charge in [0.15, 0.2) is 22.9 Å². The smallest absolute Gasteiger partial charge is 0.185 e. The van der Waals surface area contributed by atoms with Gasteiger partial charge >= 0.3 is 0 Å². The van der Waals surface area contributed by atoms with Gasteiger partial charge in [0, 0.05) is 52.4 Å². The SMILES string of the molecule is Cc1[nH]n2nc(-c3cccnc3)nc2c1/C=c1/c(C)nn2nc(-c3cccnc3)nc12. The molecule has 10 heteroatoms. The van der Waals surface area contributed by atoms with Crippen molar-refractivity contribution in [1.82, 2.24) is 49.6 Å². The van der Waals surface area contributed by atoms with Crippen molar-refractivity contribution in [3.8, 4) is 22.8 Å². The standard InChI is InChI=1S/C21H16N10/c1-12-16(20-24-18(28-30(20)26-12)14-5-3-7-22-10-14)9-17-13(2)27-31-21(17)25-19(29-31)15-6-4-8-23-11-15/h3-11,26H,1-2H3/b17-9-. The van der Waals surface area contributed by atoms with Crippen LogP contribution in [0.15, 0.2) is 49.1 Å². The topological polar surface area (TPSA) is 115 Å². The van der Waals surface area contributed by atoms with Crippen LogP contribution in [0.4, 0.5) is 0 Å². The highest BCUT2D eigenvalue weighted by molar-refractivity contribution is 5.72. The van der Waals surface area contributed by atoms with E-state index in [0.29, 0.717) is 17.3 Å². The molecular formula is C21H16N10. The van der Waals surface area contributed by atoms with Crippen LogP contribution in [0.5, 0.6) is 0 Å².